The molecule has 23 heavy (non-hydrogen) atoms. The Labute approximate surface area is 146 Å². The van der Waals surface area contributed by atoms with Crippen LogP contribution in [-0.2, 0) is 9.59 Å². The van der Waals surface area contributed by atoms with Crippen LogP contribution in [-0.4, -0.2) is 42.0 Å². The molecule has 7 heteroatoms. The SMILES string of the molecule is CNC(=O)C(C)CC(=O)N1CCCC1.Oc1ccc(Cl)c(Cl)c1. The fourth-order valence-electron chi connectivity index (χ4n) is 2.18. The summed E-state index contributed by atoms with van der Waals surface area (Å²) in [5.41, 5.74) is 0. The Balaban J connectivity index is 0.000000253. The van der Waals surface area contributed by atoms with Crippen molar-refractivity contribution in [2.24, 2.45) is 5.92 Å². The number of likely N-dealkylation sites (tertiary alicyclic amines) is 1. The lowest BCUT2D eigenvalue weighted by atomic mass is 10.1. The summed E-state index contributed by atoms with van der Waals surface area (Å²) in [6.07, 6.45) is 2.53. The van der Waals surface area contributed by atoms with Crippen molar-refractivity contribution in [3.05, 3.63) is 28.2 Å². The Morgan fingerprint density at radius 1 is 1.26 bits per heavy atom. The van der Waals surface area contributed by atoms with E-state index in [2.05, 4.69) is 5.32 Å². The van der Waals surface area contributed by atoms with Gasteiger partial charge in [0.2, 0.25) is 11.8 Å². The molecule has 1 fully saturated rings. The Kier molecular flexibility index (Phi) is 8.20. The van der Waals surface area contributed by atoms with E-state index in [1.807, 2.05) is 4.90 Å². The summed E-state index contributed by atoms with van der Waals surface area (Å²) in [6, 6.07) is 4.41. The summed E-state index contributed by atoms with van der Waals surface area (Å²) < 4.78 is 0. The van der Waals surface area contributed by atoms with Gasteiger partial charge in [0, 0.05) is 32.5 Å². The van der Waals surface area contributed by atoms with Crippen molar-refractivity contribution >= 4 is 35.0 Å². The van der Waals surface area contributed by atoms with Gasteiger partial charge < -0.3 is 15.3 Å². The topological polar surface area (TPSA) is 69.6 Å². The number of phenols is 1. The van der Waals surface area contributed by atoms with Crippen LogP contribution in [0, 0.1) is 5.92 Å². The van der Waals surface area contributed by atoms with Crippen molar-refractivity contribution < 1.29 is 14.7 Å². The number of hydrogen-bond acceptors (Lipinski definition) is 3. The van der Waals surface area contributed by atoms with Gasteiger partial charge in [-0.2, -0.15) is 0 Å². The minimum atomic E-state index is -0.215. The first-order chi connectivity index (χ1) is 10.8. The zero-order chi connectivity index (χ0) is 17.4. The van der Waals surface area contributed by atoms with Crippen LogP contribution in [0.15, 0.2) is 18.2 Å². The number of nitrogens with one attached hydrogen (secondary N) is 1. The number of halogens is 2. The molecular formula is C16H22Cl2N2O3. The van der Waals surface area contributed by atoms with Crippen LogP contribution < -0.4 is 5.32 Å². The second kappa shape index (κ2) is 9.63. The molecule has 0 saturated carbocycles. The molecule has 1 saturated heterocycles. The standard InChI is InChI=1S/C10H18N2O2.C6H4Cl2O/c1-8(10(14)11-2)7-9(13)12-5-3-4-6-12;7-5-2-1-4(9)3-6(5)8/h8H,3-7H2,1-2H3,(H,11,14);1-3,9H. The van der Waals surface area contributed by atoms with Gasteiger partial charge in [-0.25, -0.2) is 0 Å². The molecule has 1 aliphatic heterocycles. The first-order valence-corrected chi connectivity index (χ1v) is 8.24. The first kappa shape index (κ1) is 19.6. The molecular weight excluding hydrogens is 339 g/mol. The number of amides is 2. The smallest absolute Gasteiger partial charge is 0.223 e. The van der Waals surface area contributed by atoms with Crippen molar-refractivity contribution in [1.82, 2.24) is 10.2 Å². The number of benzene rings is 1. The van der Waals surface area contributed by atoms with E-state index in [1.54, 1.807) is 20.0 Å². The molecule has 0 aromatic heterocycles. The number of nitrogens with zero attached hydrogens (tertiary/aromatic N) is 1. The van der Waals surface area contributed by atoms with E-state index in [0.717, 1.165) is 25.9 Å². The highest BCUT2D eigenvalue weighted by Crippen LogP contribution is 2.25. The Morgan fingerprint density at radius 2 is 1.87 bits per heavy atom. The van der Waals surface area contributed by atoms with Crippen LogP contribution in [0.2, 0.25) is 10.0 Å². The lowest BCUT2D eigenvalue weighted by Gasteiger charge is -2.17. The molecule has 1 unspecified atom stereocenters. The van der Waals surface area contributed by atoms with Crippen LogP contribution in [0.4, 0.5) is 0 Å². The molecule has 2 amide bonds. The maximum atomic E-state index is 11.6. The quantitative estimate of drug-likeness (QED) is 0.869. The molecule has 0 aliphatic carbocycles. The number of carbonyl (C=O) groups is 2. The summed E-state index contributed by atoms with van der Waals surface area (Å²) in [5, 5.41) is 12.2. The van der Waals surface area contributed by atoms with E-state index in [9.17, 15) is 9.59 Å². The number of carbonyl (C=O) groups excluding carboxylic acids is 2. The molecule has 1 aromatic rings. The van der Waals surface area contributed by atoms with E-state index in [4.69, 9.17) is 28.3 Å². The second-order valence-corrected chi connectivity index (χ2v) is 6.22. The monoisotopic (exact) mass is 360 g/mol. The third kappa shape index (κ3) is 6.67. The summed E-state index contributed by atoms with van der Waals surface area (Å²) in [6.45, 7) is 3.51. The van der Waals surface area contributed by atoms with Gasteiger partial charge in [-0.1, -0.05) is 30.1 Å². The fraction of sp³-hybridized carbons (Fsp3) is 0.500. The van der Waals surface area contributed by atoms with E-state index in [1.165, 1.54) is 12.1 Å². The highest BCUT2D eigenvalue weighted by atomic mass is 35.5. The maximum Gasteiger partial charge on any atom is 0.223 e. The minimum Gasteiger partial charge on any atom is -0.508 e. The number of phenolic OH excluding ortho intramolecular Hbond substituents is 1. The van der Waals surface area contributed by atoms with Gasteiger partial charge in [0.05, 0.1) is 10.0 Å². The van der Waals surface area contributed by atoms with Crippen LogP contribution in [0.1, 0.15) is 26.2 Å². The van der Waals surface area contributed by atoms with Gasteiger partial charge in [-0.3, -0.25) is 9.59 Å². The average molecular weight is 361 g/mol. The predicted molar refractivity (Wildman–Crippen MR) is 91.8 cm³/mol. The highest BCUT2D eigenvalue weighted by Gasteiger charge is 2.22. The Morgan fingerprint density at radius 3 is 2.35 bits per heavy atom. The van der Waals surface area contributed by atoms with Crippen LogP contribution in [0.25, 0.3) is 0 Å². The molecule has 5 nitrogen and oxygen atoms in total. The van der Waals surface area contributed by atoms with Crippen molar-refractivity contribution in [3.8, 4) is 5.75 Å². The molecule has 1 heterocycles. The summed E-state index contributed by atoms with van der Waals surface area (Å²) in [5.74, 6) is -0.0337. The summed E-state index contributed by atoms with van der Waals surface area (Å²) >= 11 is 11.1. The number of aromatic hydroxyl groups is 1. The third-order valence-electron chi connectivity index (χ3n) is 3.54. The van der Waals surface area contributed by atoms with Crippen LogP contribution >= 0.6 is 23.2 Å². The minimum absolute atomic E-state index is 0.0578. The molecule has 128 valence electrons. The lowest BCUT2D eigenvalue weighted by Crippen LogP contribution is -2.33. The molecule has 1 atom stereocenters. The molecule has 0 radical (unpaired) electrons. The Hall–Kier alpha value is -1.46. The zero-order valence-corrected chi connectivity index (χ0v) is 14.8. The second-order valence-electron chi connectivity index (χ2n) is 5.41. The van der Waals surface area contributed by atoms with Gasteiger partial charge in [-0.15, -0.1) is 0 Å². The molecule has 1 aliphatic rings. The van der Waals surface area contributed by atoms with Crippen molar-refractivity contribution in [2.45, 2.75) is 26.2 Å². The van der Waals surface area contributed by atoms with Gasteiger partial charge in [-0.05, 0) is 31.0 Å². The van der Waals surface area contributed by atoms with Crippen molar-refractivity contribution in [2.75, 3.05) is 20.1 Å². The highest BCUT2D eigenvalue weighted by molar-refractivity contribution is 6.42. The predicted octanol–water partition coefficient (Wildman–Crippen LogP) is 3.08. The van der Waals surface area contributed by atoms with Gasteiger partial charge >= 0.3 is 0 Å². The van der Waals surface area contributed by atoms with E-state index in [-0.39, 0.29) is 23.5 Å². The van der Waals surface area contributed by atoms with Gasteiger partial charge in [0.1, 0.15) is 5.75 Å². The average Bonchev–Trinajstić information content (AvgIpc) is 3.05. The zero-order valence-electron chi connectivity index (χ0n) is 13.3. The summed E-state index contributed by atoms with van der Waals surface area (Å²) in [7, 11) is 1.60. The molecule has 2 rings (SSSR count). The van der Waals surface area contributed by atoms with E-state index in [0.29, 0.717) is 16.5 Å². The van der Waals surface area contributed by atoms with Gasteiger partial charge in [0.15, 0.2) is 0 Å². The molecule has 0 bridgehead atoms. The molecule has 0 spiro atoms. The van der Waals surface area contributed by atoms with E-state index < -0.39 is 0 Å². The normalized spacial score (nSPS) is 14.7. The van der Waals surface area contributed by atoms with Crippen LogP contribution in [0.5, 0.6) is 5.75 Å². The summed E-state index contributed by atoms with van der Waals surface area (Å²) in [4.78, 5) is 24.6. The fourth-order valence-corrected chi connectivity index (χ4v) is 2.47. The Bertz CT molecular complexity index is 546. The lowest BCUT2D eigenvalue weighted by molar-refractivity contribution is -0.135. The van der Waals surface area contributed by atoms with E-state index >= 15 is 0 Å². The van der Waals surface area contributed by atoms with Crippen molar-refractivity contribution in [1.29, 1.82) is 0 Å². The number of rotatable bonds is 3. The number of hydrogen-bond donors (Lipinski definition) is 2. The van der Waals surface area contributed by atoms with Crippen molar-refractivity contribution in [3.63, 3.8) is 0 Å². The third-order valence-corrected chi connectivity index (χ3v) is 4.28. The molecule has 2 N–H and O–H groups in total. The largest absolute Gasteiger partial charge is 0.508 e. The van der Waals surface area contributed by atoms with Crippen LogP contribution in [0.3, 0.4) is 0 Å². The molecule has 1 aromatic carbocycles. The van der Waals surface area contributed by atoms with Gasteiger partial charge in [0.25, 0.3) is 0 Å². The maximum absolute atomic E-state index is 11.6. The first-order valence-electron chi connectivity index (χ1n) is 7.48.